The Morgan fingerprint density at radius 3 is 2.69 bits per heavy atom. The fraction of sp³-hybridized carbons (Fsp3) is 0.333. The van der Waals surface area contributed by atoms with E-state index in [2.05, 4.69) is 15.0 Å². The lowest BCUT2D eigenvalue weighted by Gasteiger charge is -2.06. The highest BCUT2D eigenvalue weighted by Gasteiger charge is 2.09. The van der Waals surface area contributed by atoms with E-state index in [0.29, 0.717) is 18.0 Å². The van der Waals surface area contributed by atoms with Crippen molar-refractivity contribution in [2.75, 3.05) is 0 Å². The molecule has 0 unspecified atom stereocenters. The average molecular weight is 238 g/mol. The van der Waals surface area contributed by atoms with Crippen LogP contribution in [0.15, 0.2) is 9.59 Å². The summed E-state index contributed by atoms with van der Waals surface area (Å²) in [5.41, 5.74) is -0.525. The van der Waals surface area contributed by atoms with Crippen molar-refractivity contribution in [2.24, 2.45) is 0 Å². The van der Waals surface area contributed by atoms with E-state index < -0.39 is 11.2 Å². The van der Waals surface area contributed by atoms with Gasteiger partial charge in [0.15, 0.2) is 0 Å². The van der Waals surface area contributed by atoms with Crippen molar-refractivity contribution in [3.8, 4) is 0 Å². The summed E-state index contributed by atoms with van der Waals surface area (Å²) in [5.74, 6) is 0.574. The van der Waals surface area contributed by atoms with Gasteiger partial charge in [-0.1, -0.05) is 12.2 Å². The number of nitrogens with zero attached hydrogens (tertiary/aromatic N) is 2. The molecular weight excluding hydrogens is 228 g/mol. The number of hydrogen-bond acceptors (Lipinski definition) is 4. The molecule has 16 heavy (non-hydrogen) atoms. The number of fused-ring (bicyclic) bond motifs is 1. The lowest BCUT2D eigenvalue weighted by atomic mass is 10.4. The molecule has 2 rings (SSSR count). The van der Waals surface area contributed by atoms with Gasteiger partial charge in [0.05, 0.1) is 0 Å². The molecule has 0 aromatic carbocycles. The molecule has 6 nitrogen and oxygen atoms in total. The molecule has 2 aromatic heterocycles. The second kappa shape index (κ2) is 3.67. The first-order chi connectivity index (χ1) is 7.54. The highest BCUT2D eigenvalue weighted by Crippen LogP contribution is 2.05. The van der Waals surface area contributed by atoms with Crippen LogP contribution in [-0.4, -0.2) is 19.5 Å². The molecule has 0 spiro atoms. The lowest BCUT2D eigenvalue weighted by Crippen LogP contribution is -2.31. The third-order valence-electron chi connectivity index (χ3n) is 2.30. The van der Waals surface area contributed by atoms with Crippen molar-refractivity contribution < 1.29 is 0 Å². The van der Waals surface area contributed by atoms with Gasteiger partial charge in [0.2, 0.25) is 0 Å². The smallest absolute Gasteiger partial charge is 0.329 e. The third kappa shape index (κ3) is 1.49. The zero-order valence-corrected chi connectivity index (χ0v) is 9.64. The van der Waals surface area contributed by atoms with E-state index in [1.54, 1.807) is 6.92 Å². The maximum atomic E-state index is 11.6. The van der Waals surface area contributed by atoms with Crippen LogP contribution in [0.5, 0.6) is 0 Å². The van der Waals surface area contributed by atoms with E-state index in [1.807, 2.05) is 6.92 Å². The molecule has 2 N–H and O–H groups in total. The van der Waals surface area contributed by atoms with Crippen LogP contribution < -0.4 is 11.2 Å². The van der Waals surface area contributed by atoms with Crippen molar-refractivity contribution in [1.82, 2.24) is 19.5 Å². The minimum absolute atomic E-state index is 0.203. The Balaban J connectivity index is 3.18. The molecular formula is C9H10N4O2S. The van der Waals surface area contributed by atoms with E-state index in [4.69, 9.17) is 12.2 Å². The van der Waals surface area contributed by atoms with Crippen LogP contribution in [0, 0.1) is 11.6 Å². The van der Waals surface area contributed by atoms with Crippen LogP contribution in [0.25, 0.3) is 11.0 Å². The van der Waals surface area contributed by atoms with Crippen LogP contribution in [0.3, 0.4) is 0 Å². The number of nitrogens with one attached hydrogen (secondary N) is 2. The minimum atomic E-state index is -0.501. The number of aromatic nitrogens is 4. The SMILES string of the molecule is CCn1c(=O)[nH]c(=O)c2c(=S)nc(C)[nH]c21. The van der Waals surface area contributed by atoms with Gasteiger partial charge in [0, 0.05) is 6.54 Å². The van der Waals surface area contributed by atoms with Crippen LogP contribution in [0.2, 0.25) is 0 Å². The van der Waals surface area contributed by atoms with Crippen molar-refractivity contribution in [3.63, 3.8) is 0 Å². The second-order valence-electron chi connectivity index (χ2n) is 3.35. The summed E-state index contributed by atoms with van der Waals surface area (Å²) < 4.78 is 1.62. The minimum Gasteiger partial charge on any atom is -0.329 e. The van der Waals surface area contributed by atoms with Crippen LogP contribution in [0.4, 0.5) is 0 Å². The quantitative estimate of drug-likeness (QED) is 0.707. The summed E-state index contributed by atoms with van der Waals surface area (Å²) in [6.45, 7) is 3.98. The van der Waals surface area contributed by atoms with Gasteiger partial charge in [-0.25, -0.2) is 9.78 Å². The number of H-pyrrole nitrogens is 2. The molecule has 0 fully saturated rings. The maximum absolute atomic E-state index is 11.6. The van der Waals surface area contributed by atoms with Crippen molar-refractivity contribution in [2.45, 2.75) is 20.4 Å². The summed E-state index contributed by atoms with van der Waals surface area (Å²) in [4.78, 5) is 32.3. The number of aryl methyl sites for hydroxylation is 2. The molecule has 0 atom stereocenters. The average Bonchev–Trinajstić information content (AvgIpc) is 2.15. The normalized spacial score (nSPS) is 10.9. The molecule has 0 aliphatic heterocycles. The molecule has 0 aliphatic carbocycles. The first-order valence-electron chi connectivity index (χ1n) is 4.78. The van der Waals surface area contributed by atoms with Crippen LogP contribution in [-0.2, 0) is 6.54 Å². The zero-order chi connectivity index (χ0) is 11.9. The van der Waals surface area contributed by atoms with E-state index >= 15 is 0 Å². The topological polar surface area (TPSA) is 83.5 Å². The van der Waals surface area contributed by atoms with Crippen LogP contribution >= 0.6 is 12.2 Å². The van der Waals surface area contributed by atoms with Gasteiger partial charge < -0.3 is 4.98 Å². The Morgan fingerprint density at radius 2 is 2.06 bits per heavy atom. The Labute approximate surface area is 95.0 Å². The highest BCUT2D eigenvalue weighted by molar-refractivity contribution is 7.71. The Kier molecular flexibility index (Phi) is 2.47. The monoisotopic (exact) mass is 238 g/mol. The lowest BCUT2D eigenvalue weighted by molar-refractivity contribution is 0.714. The summed E-state index contributed by atoms with van der Waals surface area (Å²) in [6.07, 6.45) is 0. The molecule has 0 amide bonds. The first kappa shape index (κ1) is 10.7. The standard InChI is InChI=1S/C9H10N4O2S/c1-3-13-6-5(7(14)12-9(13)15)8(16)11-4(2)10-6/h3H2,1-2H3,(H,10,11,16)(H,12,14,15). The molecule has 0 saturated heterocycles. The number of aromatic amines is 2. The van der Waals surface area contributed by atoms with Crippen molar-refractivity contribution in [1.29, 1.82) is 0 Å². The Bertz CT molecular complexity index is 725. The van der Waals surface area contributed by atoms with E-state index in [-0.39, 0.29) is 10.0 Å². The van der Waals surface area contributed by atoms with Gasteiger partial charge >= 0.3 is 5.69 Å². The van der Waals surface area contributed by atoms with Gasteiger partial charge in [-0.15, -0.1) is 0 Å². The molecule has 0 saturated carbocycles. The molecule has 7 heteroatoms. The van der Waals surface area contributed by atoms with E-state index in [0.717, 1.165) is 0 Å². The van der Waals surface area contributed by atoms with Crippen molar-refractivity contribution >= 4 is 23.3 Å². The van der Waals surface area contributed by atoms with Gasteiger partial charge in [-0.3, -0.25) is 14.3 Å². The molecule has 2 aromatic rings. The van der Waals surface area contributed by atoms with E-state index in [1.165, 1.54) is 4.57 Å². The molecule has 2 heterocycles. The number of rotatable bonds is 1. The molecule has 0 radical (unpaired) electrons. The summed E-state index contributed by atoms with van der Waals surface area (Å²) in [6, 6.07) is 0. The Morgan fingerprint density at radius 1 is 1.38 bits per heavy atom. The summed E-state index contributed by atoms with van der Waals surface area (Å²) in [5, 5.41) is 0.252. The predicted octanol–water partition coefficient (Wildman–Crippen LogP) is 0.471. The summed E-state index contributed by atoms with van der Waals surface area (Å²) >= 11 is 5.01. The third-order valence-corrected chi connectivity index (χ3v) is 2.59. The zero-order valence-electron chi connectivity index (χ0n) is 8.83. The fourth-order valence-electron chi connectivity index (χ4n) is 1.61. The molecule has 0 bridgehead atoms. The molecule has 0 aliphatic rings. The first-order valence-corrected chi connectivity index (χ1v) is 5.19. The fourth-order valence-corrected chi connectivity index (χ4v) is 1.94. The highest BCUT2D eigenvalue weighted by atomic mass is 32.1. The Hall–Kier alpha value is -1.76. The van der Waals surface area contributed by atoms with Crippen molar-refractivity contribution in [3.05, 3.63) is 31.3 Å². The summed E-state index contributed by atoms with van der Waals surface area (Å²) in [7, 11) is 0. The largest absolute Gasteiger partial charge is 0.329 e. The van der Waals surface area contributed by atoms with Gasteiger partial charge in [0.25, 0.3) is 5.56 Å². The predicted molar refractivity (Wildman–Crippen MR) is 62.2 cm³/mol. The number of hydrogen-bond donors (Lipinski definition) is 2. The van der Waals surface area contributed by atoms with Gasteiger partial charge in [-0.2, -0.15) is 0 Å². The van der Waals surface area contributed by atoms with Gasteiger partial charge in [0.1, 0.15) is 21.5 Å². The second-order valence-corrected chi connectivity index (χ2v) is 3.74. The maximum Gasteiger partial charge on any atom is 0.329 e. The van der Waals surface area contributed by atoms with E-state index in [9.17, 15) is 9.59 Å². The molecule has 84 valence electrons. The van der Waals surface area contributed by atoms with Gasteiger partial charge in [-0.05, 0) is 13.8 Å². The van der Waals surface area contributed by atoms with Crippen LogP contribution in [0.1, 0.15) is 12.7 Å².